The minimum absolute atomic E-state index is 0.206. The third kappa shape index (κ3) is 4.32. The second-order valence-corrected chi connectivity index (χ2v) is 5.87. The van der Waals surface area contributed by atoms with E-state index in [9.17, 15) is 4.39 Å². The Balaban J connectivity index is 1.55. The molecule has 0 aliphatic rings. The van der Waals surface area contributed by atoms with Crippen LogP contribution in [-0.2, 0) is 13.2 Å². The van der Waals surface area contributed by atoms with Crippen molar-refractivity contribution in [1.82, 2.24) is 10.1 Å². The summed E-state index contributed by atoms with van der Waals surface area (Å²) < 4.78 is 30.2. The Bertz CT molecular complexity index is 821. The van der Waals surface area contributed by atoms with Crippen molar-refractivity contribution in [2.24, 2.45) is 0 Å². The average Bonchev–Trinajstić information content (AvgIpc) is 3.00. The van der Waals surface area contributed by atoms with Crippen LogP contribution in [-0.4, -0.2) is 10.1 Å². The van der Waals surface area contributed by atoms with Crippen LogP contribution in [0.4, 0.5) is 4.39 Å². The maximum Gasteiger partial charge on any atom is 0.264 e. The fourth-order valence-corrected chi connectivity index (χ4v) is 2.35. The molecule has 3 aromatic rings. The summed E-state index contributed by atoms with van der Waals surface area (Å²) in [6.07, 6.45) is 0. The molecule has 0 saturated carbocycles. The number of hydrogen-bond donors (Lipinski definition) is 0. The van der Waals surface area contributed by atoms with Gasteiger partial charge in [-0.25, -0.2) is 4.39 Å². The minimum Gasteiger partial charge on any atom is -0.489 e. The van der Waals surface area contributed by atoms with Crippen molar-refractivity contribution >= 4 is 15.9 Å². The van der Waals surface area contributed by atoms with E-state index < -0.39 is 0 Å². The lowest BCUT2D eigenvalue weighted by atomic mass is 10.2. The molecule has 2 aromatic carbocycles. The second-order valence-electron chi connectivity index (χ2n) is 5.02. The highest BCUT2D eigenvalue weighted by Gasteiger charge is 2.05. The molecule has 0 fully saturated rings. The molecule has 0 atom stereocenters. The Morgan fingerprint density at radius 3 is 2.33 bits per heavy atom. The number of ether oxygens (including phenoxy) is 2. The normalized spacial score (nSPS) is 10.6. The molecule has 0 bridgehead atoms. The summed E-state index contributed by atoms with van der Waals surface area (Å²) in [6, 6.07) is 11.6. The zero-order chi connectivity index (χ0) is 16.9. The predicted molar refractivity (Wildman–Crippen MR) is 88.2 cm³/mol. The molecule has 124 valence electrons. The summed E-state index contributed by atoms with van der Waals surface area (Å²) >= 11 is 3.37. The van der Waals surface area contributed by atoms with Gasteiger partial charge >= 0.3 is 0 Å². The van der Waals surface area contributed by atoms with Crippen LogP contribution in [0.25, 0.3) is 0 Å². The minimum atomic E-state index is -0.295. The van der Waals surface area contributed by atoms with Crippen molar-refractivity contribution < 1.29 is 18.4 Å². The first kappa shape index (κ1) is 16.4. The summed E-state index contributed by atoms with van der Waals surface area (Å²) in [5, 5.41) is 3.69. The fraction of sp³-hybridized carbons (Fsp3) is 0.176. The van der Waals surface area contributed by atoms with Gasteiger partial charge in [0.05, 0.1) is 0 Å². The third-order valence-corrected chi connectivity index (χ3v) is 3.93. The Morgan fingerprint density at radius 1 is 1.04 bits per heavy atom. The zero-order valence-electron chi connectivity index (χ0n) is 12.8. The lowest BCUT2D eigenvalue weighted by Crippen LogP contribution is -1.98. The summed E-state index contributed by atoms with van der Waals surface area (Å²) in [5.41, 5.74) is 0.738. The van der Waals surface area contributed by atoms with Crippen molar-refractivity contribution in [1.29, 1.82) is 0 Å². The van der Waals surface area contributed by atoms with Gasteiger partial charge in [0.1, 0.15) is 23.9 Å². The first-order valence-electron chi connectivity index (χ1n) is 7.19. The van der Waals surface area contributed by atoms with Crippen LogP contribution < -0.4 is 9.47 Å². The molecule has 5 nitrogen and oxygen atoms in total. The standard InChI is InChI=1S/C17H14BrFN2O3/c1-11-20-17(24-21-11)10-23-15-5-3-14(4-6-15)22-9-12-8-13(19)2-7-16(12)18/h2-8H,9-10H2,1H3. The molecule has 7 heteroatoms. The number of halogens is 2. The van der Waals surface area contributed by atoms with Crippen LogP contribution in [0.5, 0.6) is 11.5 Å². The Morgan fingerprint density at radius 2 is 1.71 bits per heavy atom. The molecule has 0 spiro atoms. The number of benzene rings is 2. The van der Waals surface area contributed by atoms with E-state index in [-0.39, 0.29) is 19.0 Å². The molecule has 24 heavy (non-hydrogen) atoms. The highest BCUT2D eigenvalue weighted by Crippen LogP contribution is 2.22. The van der Waals surface area contributed by atoms with Gasteiger partial charge in [-0.15, -0.1) is 0 Å². The van der Waals surface area contributed by atoms with Gasteiger partial charge in [-0.2, -0.15) is 4.98 Å². The van der Waals surface area contributed by atoms with Crippen LogP contribution in [0.15, 0.2) is 51.5 Å². The van der Waals surface area contributed by atoms with Crippen LogP contribution in [0.1, 0.15) is 17.3 Å². The van der Waals surface area contributed by atoms with Gasteiger partial charge in [0, 0.05) is 10.0 Å². The predicted octanol–water partition coefficient (Wildman–Crippen LogP) is 4.44. The zero-order valence-corrected chi connectivity index (χ0v) is 14.4. The smallest absolute Gasteiger partial charge is 0.264 e. The summed E-state index contributed by atoms with van der Waals surface area (Å²) in [7, 11) is 0. The van der Waals surface area contributed by atoms with Crippen LogP contribution >= 0.6 is 15.9 Å². The molecule has 1 aromatic heterocycles. The maximum absolute atomic E-state index is 13.2. The van der Waals surface area contributed by atoms with Crippen molar-refractivity contribution in [3.63, 3.8) is 0 Å². The van der Waals surface area contributed by atoms with Gasteiger partial charge in [-0.3, -0.25) is 0 Å². The van der Waals surface area contributed by atoms with Crippen molar-refractivity contribution in [3.05, 3.63) is 70.0 Å². The molecule has 0 amide bonds. The van der Waals surface area contributed by atoms with E-state index >= 15 is 0 Å². The van der Waals surface area contributed by atoms with E-state index in [0.29, 0.717) is 23.2 Å². The van der Waals surface area contributed by atoms with E-state index in [1.165, 1.54) is 12.1 Å². The molecular weight excluding hydrogens is 379 g/mol. The van der Waals surface area contributed by atoms with Crippen LogP contribution in [0.3, 0.4) is 0 Å². The molecular formula is C17H14BrFN2O3. The van der Waals surface area contributed by atoms with Gasteiger partial charge < -0.3 is 14.0 Å². The number of aromatic nitrogens is 2. The van der Waals surface area contributed by atoms with Gasteiger partial charge in [-0.1, -0.05) is 21.1 Å². The van der Waals surface area contributed by atoms with Gasteiger partial charge in [-0.05, 0) is 49.4 Å². The first-order valence-corrected chi connectivity index (χ1v) is 7.98. The Kier molecular flexibility index (Phi) is 5.10. The largest absolute Gasteiger partial charge is 0.489 e. The maximum atomic E-state index is 13.2. The summed E-state index contributed by atoms with van der Waals surface area (Å²) in [6.45, 7) is 2.22. The highest BCUT2D eigenvalue weighted by molar-refractivity contribution is 9.10. The number of aryl methyl sites for hydroxylation is 1. The highest BCUT2D eigenvalue weighted by atomic mass is 79.9. The van der Waals surface area contributed by atoms with Crippen LogP contribution in [0.2, 0.25) is 0 Å². The van der Waals surface area contributed by atoms with Crippen molar-refractivity contribution in [3.8, 4) is 11.5 Å². The molecule has 0 aliphatic carbocycles. The van der Waals surface area contributed by atoms with E-state index in [1.54, 1.807) is 37.3 Å². The Hall–Kier alpha value is -2.41. The molecule has 0 unspecified atom stereocenters. The number of nitrogens with zero attached hydrogens (tertiary/aromatic N) is 2. The lowest BCUT2D eigenvalue weighted by Gasteiger charge is -2.09. The van der Waals surface area contributed by atoms with Gasteiger partial charge in [0.15, 0.2) is 12.4 Å². The average molecular weight is 393 g/mol. The van der Waals surface area contributed by atoms with Crippen LogP contribution in [0, 0.1) is 12.7 Å². The Labute approximate surface area is 146 Å². The molecule has 3 rings (SSSR count). The van der Waals surface area contributed by atoms with Crippen molar-refractivity contribution in [2.75, 3.05) is 0 Å². The molecule has 0 saturated heterocycles. The van der Waals surface area contributed by atoms with Gasteiger partial charge in [0.25, 0.3) is 5.89 Å². The fourth-order valence-electron chi connectivity index (χ4n) is 1.99. The van der Waals surface area contributed by atoms with E-state index in [0.717, 1.165) is 10.0 Å². The quantitative estimate of drug-likeness (QED) is 0.620. The SMILES string of the molecule is Cc1noc(COc2ccc(OCc3cc(F)ccc3Br)cc2)n1. The topological polar surface area (TPSA) is 57.4 Å². The number of hydrogen-bond acceptors (Lipinski definition) is 5. The molecule has 0 radical (unpaired) electrons. The molecule has 0 N–H and O–H groups in total. The summed E-state index contributed by atoms with van der Waals surface area (Å²) in [4.78, 5) is 4.06. The monoisotopic (exact) mass is 392 g/mol. The summed E-state index contributed by atoms with van der Waals surface area (Å²) in [5.74, 6) is 2.01. The molecule has 0 aliphatic heterocycles. The lowest BCUT2D eigenvalue weighted by molar-refractivity contribution is 0.242. The number of rotatable bonds is 6. The molecule has 1 heterocycles. The van der Waals surface area contributed by atoms with Crippen molar-refractivity contribution in [2.45, 2.75) is 20.1 Å². The first-order chi connectivity index (χ1) is 11.6. The van der Waals surface area contributed by atoms with E-state index in [2.05, 4.69) is 26.1 Å². The van der Waals surface area contributed by atoms with Gasteiger partial charge in [0.2, 0.25) is 0 Å². The van der Waals surface area contributed by atoms with E-state index in [1.807, 2.05) is 0 Å². The van der Waals surface area contributed by atoms with E-state index in [4.69, 9.17) is 14.0 Å². The third-order valence-electron chi connectivity index (χ3n) is 3.16. The second kappa shape index (κ2) is 7.44.